The topological polar surface area (TPSA) is 413 Å². The molecule has 0 aliphatic carbocycles. The van der Waals surface area contributed by atoms with Gasteiger partial charge in [0.25, 0.3) is 0 Å². The summed E-state index contributed by atoms with van der Waals surface area (Å²) in [6.07, 6.45) is 5.99. The summed E-state index contributed by atoms with van der Waals surface area (Å²) < 4.78 is 203. The minimum absolute atomic E-state index is 0.00156. The molecule has 0 unspecified atom stereocenters. The van der Waals surface area contributed by atoms with Gasteiger partial charge in [0.2, 0.25) is 23.0 Å². The van der Waals surface area contributed by atoms with Crippen LogP contribution in [0.5, 0.6) is 69.0 Å². The third-order valence-corrected chi connectivity index (χ3v) is 21.0. The van der Waals surface area contributed by atoms with Crippen molar-refractivity contribution in [2.45, 2.75) is 51.4 Å². The molecule has 0 aliphatic heterocycles. The molecule has 4 aromatic rings. The van der Waals surface area contributed by atoms with E-state index in [1.165, 1.54) is 0 Å². The van der Waals surface area contributed by atoms with Crippen LogP contribution in [0.1, 0.15) is 47.9 Å². The van der Waals surface area contributed by atoms with Gasteiger partial charge in [0.1, 0.15) is 0 Å². The molecule has 140 heavy (non-hydrogen) atoms. The van der Waals surface area contributed by atoms with E-state index in [9.17, 15) is 0 Å². The van der Waals surface area contributed by atoms with E-state index < -0.39 is 0 Å². The van der Waals surface area contributed by atoms with Crippen LogP contribution in [-0.2, 0) is 139 Å². The number of ether oxygens (including phenoxy) is 36. The molecule has 0 saturated heterocycles. The minimum Gasteiger partial charge on any atom is -0.493 e. The van der Waals surface area contributed by atoms with Gasteiger partial charge in [-0.1, -0.05) is 0 Å². The standard InChI is InChI=1S/2C50H86O20/c2*1-53-45-36-41(37-46(54-2)49(45)57-5)34-43(8-7-11-59-14-17-62-20-23-65-26-27-66-24-21-63-18-15-60-12-9-51)44(35-42-38-47(55-3)50(58-6)48(39-42)56-4)40-70-33-32-69-31-30-68-29-28-67-25-22-64-19-16-61-13-10-52/h2*36-39,43-44,51-52H,7-35,40H2,1-6H3/t2*43-,44+/m10/s1. The third kappa shape index (κ3) is 62.3. The Bertz CT molecular complexity index is 3130. The van der Waals surface area contributed by atoms with Crippen LogP contribution in [-0.4, -0.2) is 449 Å². The van der Waals surface area contributed by atoms with E-state index in [4.69, 9.17) is 191 Å². The van der Waals surface area contributed by atoms with E-state index in [1.807, 2.05) is 48.5 Å². The minimum atomic E-state index is 0.00156. The first-order valence-electron chi connectivity index (χ1n) is 48.4. The molecule has 40 heteroatoms. The number of benzene rings is 4. The van der Waals surface area contributed by atoms with Crippen molar-refractivity contribution >= 4 is 0 Å². The van der Waals surface area contributed by atoms with Crippen molar-refractivity contribution in [3.8, 4) is 69.0 Å². The molecular weight excluding hydrogens is 1840 g/mol. The number of hydrogen-bond acceptors (Lipinski definition) is 40. The number of methoxy groups -OCH3 is 12. The number of aliphatic hydroxyl groups is 4. The molecule has 4 N–H and O–H groups in total. The lowest BCUT2D eigenvalue weighted by atomic mass is 9.80. The van der Waals surface area contributed by atoms with Crippen molar-refractivity contribution < 1.29 is 191 Å². The molecule has 0 amide bonds. The van der Waals surface area contributed by atoms with Gasteiger partial charge in [0.15, 0.2) is 46.0 Å². The third-order valence-electron chi connectivity index (χ3n) is 21.0. The predicted molar refractivity (Wildman–Crippen MR) is 520 cm³/mol. The van der Waals surface area contributed by atoms with E-state index in [0.29, 0.717) is 412 Å². The Labute approximate surface area is 831 Å². The first kappa shape index (κ1) is 128. The number of aliphatic hydroxyl groups excluding tert-OH is 4. The van der Waals surface area contributed by atoms with Crippen molar-refractivity contribution in [1.82, 2.24) is 0 Å². The van der Waals surface area contributed by atoms with Crippen LogP contribution in [0, 0.1) is 23.7 Å². The van der Waals surface area contributed by atoms with E-state index in [2.05, 4.69) is 0 Å². The molecule has 0 spiro atoms. The van der Waals surface area contributed by atoms with Crippen LogP contribution in [0.3, 0.4) is 0 Å². The maximum atomic E-state index is 8.73. The summed E-state index contributed by atoms with van der Waals surface area (Å²) in [4.78, 5) is 0. The van der Waals surface area contributed by atoms with Gasteiger partial charge >= 0.3 is 0 Å². The largest absolute Gasteiger partial charge is 0.493 e. The van der Waals surface area contributed by atoms with Crippen molar-refractivity contribution in [1.29, 1.82) is 0 Å². The summed E-state index contributed by atoms with van der Waals surface area (Å²) in [5, 5.41) is 34.9. The zero-order valence-corrected chi connectivity index (χ0v) is 85.8. The zero-order chi connectivity index (χ0) is 101. The molecule has 812 valence electrons. The van der Waals surface area contributed by atoms with Crippen LogP contribution in [0.15, 0.2) is 48.5 Å². The quantitative estimate of drug-likeness (QED) is 0.0312. The molecule has 0 fully saturated rings. The fourth-order valence-corrected chi connectivity index (χ4v) is 14.2. The fourth-order valence-electron chi connectivity index (χ4n) is 14.2. The Hall–Kier alpha value is -6.64. The Morgan fingerprint density at radius 3 is 0.421 bits per heavy atom. The second-order valence-corrected chi connectivity index (χ2v) is 30.8. The monoisotopic (exact) mass is 2010 g/mol. The molecule has 40 nitrogen and oxygen atoms in total. The Morgan fingerprint density at radius 1 is 0.157 bits per heavy atom. The Balaban J connectivity index is 0.000000720. The van der Waals surface area contributed by atoms with Gasteiger partial charge in [-0.3, -0.25) is 0 Å². The predicted octanol–water partition coefficient (Wildman–Crippen LogP) is 7.44. The van der Waals surface area contributed by atoms with E-state index in [-0.39, 0.29) is 50.1 Å². The van der Waals surface area contributed by atoms with Crippen LogP contribution in [0.25, 0.3) is 0 Å². The average molecular weight is 2010 g/mol. The number of hydrogen-bond donors (Lipinski definition) is 4. The Morgan fingerprint density at radius 2 is 0.286 bits per heavy atom. The van der Waals surface area contributed by atoms with Crippen molar-refractivity contribution in [2.75, 3.05) is 429 Å². The summed E-state index contributed by atoms with van der Waals surface area (Å²) in [5.74, 6) is 7.14. The smallest absolute Gasteiger partial charge is 0.203 e. The Kier molecular flexibility index (Phi) is 84.0. The van der Waals surface area contributed by atoms with Gasteiger partial charge in [-0.15, -0.1) is 0 Å². The maximum absolute atomic E-state index is 8.73. The molecule has 4 aromatic carbocycles. The van der Waals surface area contributed by atoms with Gasteiger partial charge in [-0.05, 0) is 146 Å². The van der Waals surface area contributed by atoms with Crippen LogP contribution >= 0.6 is 0 Å². The number of rotatable bonds is 102. The highest BCUT2D eigenvalue weighted by atomic mass is 16.6. The second-order valence-electron chi connectivity index (χ2n) is 30.8. The van der Waals surface area contributed by atoms with E-state index in [0.717, 1.165) is 47.9 Å². The molecular formula is C100H172O40. The van der Waals surface area contributed by atoms with Gasteiger partial charge in [0.05, 0.1) is 416 Å². The first-order chi connectivity index (χ1) is 69.0. The van der Waals surface area contributed by atoms with E-state index >= 15 is 0 Å². The lowest BCUT2D eigenvalue weighted by Gasteiger charge is -2.29. The lowest BCUT2D eigenvalue weighted by Crippen LogP contribution is -2.26. The zero-order valence-electron chi connectivity index (χ0n) is 85.8. The van der Waals surface area contributed by atoms with Gasteiger partial charge < -0.3 is 191 Å². The van der Waals surface area contributed by atoms with Crippen molar-refractivity contribution in [2.24, 2.45) is 23.7 Å². The molecule has 0 saturated carbocycles. The van der Waals surface area contributed by atoms with Crippen LogP contribution in [0.4, 0.5) is 0 Å². The van der Waals surface area contributed by atoms with Gasteiger partial charge in [0, 0.05) is 13.2 Å². The van der Waals surface area contributed by atoms with Crippen molar-refractivity contribution in [3.63, 3.8) is 0 Å². The summed E-state index contributed by atoms with van der Waals surface area (Å²) in [7, 11) is 19.3. The highest BCUT2D eigenvalue weighted by molar-refractivity contribution is 5.57. The van der Waals surface area contributed by atoms with Gasteiger partial charge in [-0.2, -0.15) is 0 Å². The first-order valence-corrected chi connectivity index (χ1v) is 48.4. The summed E-state index contributed by atoms with van der Waals surface area (Å²) in [5.41, 5.74) is 4.09. The average Bonchev–Trinajstić information content (AvgIpc) is 0.821. The maximum Gasteiger partial charge on any atom is 0.203 e. The SMILES string of the molecule is COc1cc(C[C@@H](CCCOCCOCCOCCOCCOCCOCCO)[C@H](COCCOCCOCCOCCOCCOCCO)Cc2cc(OC)c(OC)c(OC)c2)cc(OC)c1OC.COc1cc(C[C@H](CCCOCCOCCOCCOCCOCCOCCO)[C@@H](COCCOCCOCCOCCOCCOCCO)Cc2cc(OC)c(OC)c(OC)c2)cc(OC)c1OC. The molecule has 0 aliphatic rings. The van der Waals surface area contributed by atoms with Crippen LogP contribution in [0.2, 0.25) is 0 Å². The molecule has 4 rings (SSSR count). The summed E-state index contributed by atoms with van der Waals surface area (Å²) in [6, 6.07) is 16.0. The molecule has 0 heterocycles. The molecule has 0 bridgehead atoms. The lowest BCUT2D eigenvalue weighted by molar-refractivity contribution is -0.0214. The second kappa shape index (κ2) is 92.2. The highest BCUT2D eigenvalue weighted by Gasteiger charge is 2.29. The van der Waals surface area contributed by atoms with Gasteiger partial charge in [-0.25, -0.2) is 0 Å². The molecule has 0 radical (unpaired) electrons. The summed E-state index contributed by atoms with van der Waals surface area (Å²) in [6.45, 7) is 21.3. The van der Waals surface area contributed by atoms with Crippen molar-refractivity contribution in [3.05, 3.63) is 70.8 Å². The summed E-state index contributed by atoms with van der Waals surface area (Å²) >= 11 is 0. The molecule has 0 aromatic heterocycles. The fraction of sp³-hybridized carbons (Fsp3) is 0.760. The normalized spacial score (nSPS) is 12.3. The highest BCUT2D eigenvalue weighted by Crippen LogP contribution is 2.45. The van der Waals surface area contributed by atoms with E-state index in [1.54, 1.807) is 85.3 Å². The molecule has 4 atom stereocenters. The van der Waals surface area contributed by atoms with Crippen LogP contribution < -0.4 is 56.8 Å².